The van der Waals surface area contributed by atoms with Crippen LogP contribution in [0.5, 0.6) is 5.75 Å². The Labute approximate surface area is 230 Å². The lowest BCUT2D eigenvalue weighted by Crippen LogP contribution is -2.13. The van der Waals surface area contributed by atoms with Crippen LogP contribution >= 0.6 is 0 Å². The van der Waals surface area contributed by atoms with E-state index in [1.165, 1.54) is 12.1 Å². The number of halogens is 3. The molecule has 7 heteroatoms. The van der Waals surface area contributed by atoms with Crippen molar-refractivity contribution in [3.05, 3.63) is 83.4 Å². The zero-order chi connectivity index (χ0) is 28.4. The van der Waals surface area contributed by atoms with Gasteiger partial charge in [-0.05, 0) is 77.9 Å². The number of hydrogen-bond acceptors (Lipinski definition) is 3. The monoisotopic (exact) mass is 540 g/mol. The summed E-state index contributed by atoms with van der Waals surface area (Å²) in [5.41, 5.74) is 3.54. The fraction of sp³-hybridized carbons (Fsp3) is 0.406. The molecule has 0 aliphatic carbocycles. The van der Waals surface area contributed by atoms with E-state index in [1.807, 2.05) is 42.5 Å². The van der Waals surface area contributed by atoms with Crippen LogP contribution in [-0.4, -0.2) is 5.91 Å². The largest absolute Gasteiger partial charge is 0.489 e. The molecular weight excluding hydrogens is 501 g/mol. The van der Waals surface area contributed by atoms with Gasteiger partial charge in [0.15, 0.2) is 0 Å². The zero-order valence-corrected chi connectivity index (χ0v) is 23.2. The SMILES string of the molecule is CCCC(CC)CCC(=O)Nc1cccc(Nc2ccc(OCc3ccc(C(F)(F)F)cc3)cc2C(C)C)c1. The van der Waals surface area contributed by atoms with Crippen molar-refractivity contribution < 1.29 is 22.7 Å². The third-order valence-electron chi connectivity index (χ3n) is 6.81. The number of nitrogens with one attached hydrogen (secondary N) is 2. The summed E-state index contributed by atoms with van der Waals surface area (Å²) in [6.45, 7) is 8.69. The van der Waals surface area contributed by atoms with Gasteiger partial charge in [0.1, 0.15) is 12.4 Å². The van der Waals surface area contributed by atoms with Gasteiger partial charge in [0.2, 0.25) is 5.91 Å². The van der Waals surface area contributed by atoms with Crippen LogP contribution in [0.1, 0.15) is 82.4 Å². The van der Waals surface area contributed by atoms with E-state index in [0.717, 1.165) is 60.4 Å². The molecule has 210 valence electrons. The first kappa shape index (κ1) is 30.1. The van der Waals surface area contributed by atoms with Crippen molar-refractivity contribution in [3.63, 3.8) is 0 Å². The minimum absolute atomic E-state index is 0.0270. The van der Waals surface area contributed by atoms with Gasteiger partial charge in [-0.1, -0.05) is 65.2 Å². The lowest BCUT2D eigenvalue weighted by atomic mass is 9.95. The fourth-order valence-electron chi connectivity index (χ4n) is 4.53. The Kier molecular flexibility index (Phi) is 10.8. The summed E-state index contributed by atoms with van der Waals surface area (Å²) in [7, 11) is 0. The molecule has 4 nitrogen and oxygen atoms in total. The number of anilines is 3. The molecule has 0 fully saturated rings. The van der Waals surface area contributed by atoms with Gasteiger partial charge in [-0.2, -0.15) is 13.2 Å². The molecule has 0 radical (unpaired) electrons. The Balaban J connectivity index is 1.63. The number of rotatable bonds is 13. The third kappa shape index (κ3) is 9.34. The Bertz CT molecular complexity index is 1210. The average Bonchev–Trinajstić information content (AvgIpc) is 2.90. The van der Waals surface area contributed by atoms with Crippen molar-refractivity contribution in [2.45, 2.75) is 78.5 Å². The van der Waals surface area contributed by atoms with Gasteiger partial charge in [-0.15, -0.1) is 0 Å². The van der Waals surface area contributed by atoms with Gasteiger partial charge in [0.25, 0.3) is 0 Å². The molecular formula is C32H39F3N2O2. The van der Waals surface area contributed by atoms with E-state index >= 15 is 0 Å². The molecule has 3 aromatic rings. The van der Waals surface area contributed by atoms with Crippen LogP contribution in [-0.2, 0) is 17.6 Å². The van der Waals surface area contributed by atoms with Gasteiger partial charge in [-0.25, -0.2) is 0 Å². The highest BCUT2D eigenvalue weighted by Gasteiger charge is 2.29. The first-order chi connectivity index (χ1) is 18.6. The van der Waals surface area contributed by atoms with E-state index in [2.05, 4.69) is 38.3 Å². The molecule has 3 rings (SSSR count). The molecule has 0 aromatic heterocycles. The Morgan fingerprint density at radius 2 is 1.64 bits per heavy atom. The van der Waals surface area contributed by atoms with Gasteiger partial charge < -0.3 is 15.4 Å². The lowest BCUT2D eigenvalue weighted by molar-refractivity contribution is -0.137. The molecule has 0 bridgehead atoms. The highest BCUT2D eigenvalue weighted by Crippen LogP contribution is 2.33. The second kappa shape index (κ2) is 14.1. The molecule has 1 atom stereocenters. The van der Waals surface area contributed by atoms with Crippen LogP contribution < -0.4 is 15.4 Å². The molecule has 3 aromatic carbocycles. The normalized spacial score (nSPS) is 12.3. The molecule has 0 saturated heterocycles. The van der Waals surface area contributed by atoms with Crippen LogP contribution in [0.25, 0.3) is 0 Å². The molecule has 0 heterocycles. The summed E-state index contributed by atoms with van der Waals surface area (Å²) in [6, 6.07) is 18.4. The quantitative estimate of drug-likeness (QED) is 0.227. The summed E-state index contributed by atoms with van der Waals surface area (Å²) < 4.78 is 44.3. The first-order valence-corrected chi connectivity index (χ1v) is 13.7. The van der Waals surface area contributed by atoms with Crippen LogP contribution in [0.3, 0.4) is 0 Å². The zero-order valence-electron chi connectivity index (χ0n) is 23.2. The number of alkyl halides is 3. The molecule has 1 amide bonds. The maximum atomic E-state index is 12.8. The van der Waals surface area contributed by atoms with Gasteiger partial charge in [0.05, 0.1) is 5.56 Å². The Morgan fingerprint density at radius 3 is 2.28 bits per heavy atom. The van der Waals surface area contributed by atoms with E-state index in [4.69, 9.17) is 4.74 Å². The first-order valence-electron chi connectivity index (χ1n) is 13.7. The average molecular weight is 541 g/mol. The van der Waals surface area contributed by atoms with Crippen molar-refractivity contribution in [2.24, 2.45) is 5.92 Å². The lowest BCUT2D eigenvalue weighted by Gasteiger charge is -2.18. The number of benzene rings is 3. The smallest absolute Gasteiger partial charge is 0.416 e. The molecule has 1 unspecified atom stereocenters. The maximum absolute atomic E-state index is 12.8. The van der Waals surface area contributed by atoms with Crippen molar-refractivity contribution >= 4 is 23.0 Å². The van der Waals surface area contributed by atoms with E-state index in [-0.39, 0.29) is 18.4 Å². The number of carbonyl (C=O) groups is 1. The fourth-order valence-corrected chi connectivity index (χ4v) is 4.53. The van der Waals surface area contributed by atoms with Gasteiger partial charge in [0, 0.05) is 23.5 Å². The predicted molar refractivity (Wildman–Crippen MR) is 153 cm³/mol. The highest BCUT2D eigenvalue weighted by molar-refractivity contribution is 5.91. The number of ether oxygens (including phenoxy) is 1. The van der Waals surface area contributed by atoms with Crippen molar-refractivity contribution in [2.75, 3.05) is 10.6 Å². The molecule has 0 saturated carbocycles. The second-order valence-electron chi connectivity index (χ2n) is 10.2. The number of amides is 1. The van der Waals surface area contributed by atoms with Crippen molar-refractivity contribution in [1.82, 2.24) is 0 Å². The van der Waals surface area contributed by atoms with Crippen LogP contribution in [0.2, 0.25) is 0 Å². The summed E-state index contributed by atoms with van der Waals surface area (Å²) >= 11 is 0. The van der Waals surface area contributed by atoms with Crippen molar-refractivity contribution in [3.8, 4) is 5.75 Å². The second-order valence-corrected chi connectivity index (χ2v) is 10.2. The minimum atomic E-state index is -4.36. The topological polar surface area (TPSA) is 50.4 Å². The van der Waals surface area contributed by atoms with E-state index < -0.39 is 11.7 Å². The number of carbonyl (C=O) groups excluding carboxylic acids is 1. The summed E-state index contributed by atoms with van der Waals surface area (Å²) in [5.74, 6) is 1.45. The molecule has 2 N–H and O–H groups in total. The molecule has 0 spiro atoms. The Morgan fingerprint density at radius 1 is 0.923 bits per heavy atom. The van der Waals surface area contributed by atoms with E-state index in [1.54, 1.807) is 0 Å². The maximum Gasteiger partial charge on any atom is 0.416 e. The molecule has 0 aliphatic heterocycles. The van der Waals surface area contributed by atoms with E-state index in [0.29, 0.717) is 23.7 Å². The molecule has 39 heavy (non-hydrogen) atoms. The predicted octanol–water partition coefficient (Wildman–Crippen LogP) is 9.70. The summed E-state index contributed by atoms with van der Waals surface area (Å²) in [5, 5.41) is 6.47. The van der Waals surface area contributed by atoms with Gasteiger partial charge >= 0.3 is 6.18 Å². The number of hydrogen-bond donors (Lipinski definition) is 2. The van der Waals surface area contributed by atoms with Crippen molar-refractivity contribution in [1.29, 1.82) is 0 Å². The summed E-state index contributed by atoms with van der Waals surface area (Å²) in [4.78, 5) is 12.5. The van der Waals surface area contributed by atoms with Crippen LogP contribution in [0.4, 0.5) is 30.2 Å². The van der Waals surface area contributed by atoms with Crippen LogP contribution in [0, 0.1) is 5.92 Å². The Hall–Kier alpha value is -3.48. The van der Waals surface area contributed by atoms with Gasteiger partial charge in [-0.3, -0.25) is 4.79 Å². The minimum Gasteiger partial charge on any atom is -0.489 e. The summed E-state index contributed by atoms with van der Waals surface area (Å²) in [6.07, 6.45) is 0.448. The van der Waals surface area contributed by atoms with Crippen LogP contribution in [0.15, 0.2) is 66.7 Å². The standard InChI is InChI=1S/C32H39F3N2O2/c1-5-8-23(6-2)13-18-31(38)37-27-10-7-9-26(19-27)36-30-17-16-28(20-29(30)22(3)4)39-21-24-11-14-25(15-12-24)32(33,34)35/h7,9-12,14-17,19-20,22-23,36H,5-6,8,13,18,21H2,1-4H3,(H,37,38). The third-order valence-corrected chi connectivity index (χ3v) is 6.81. The molecule has 0 aliphatic rings. The van der Waals surface area contributed by atoms with E-state index in [9.17, 15) is 18.0 Å². The highest BCUT2D eigenvalue weighted by atomic mass is 19.4.